The van der Waals surface area contributed by atoms with Crippen molar-refractivity contribution in [3.8, 4) is 0 Å². The van der Waals surface area contributed by atoms with Crippen LogP contribution in [0.4, 0.5) is 0 Å². The first kappa shape index (κ1) is 18.7. The summed E-state index contributed by atoms with van der Waals surface area (Å²) in [7, 11) is 1.85. The quantitative estimate of drug-likeness (QED) is 0.485. The largest absolute Gasteiger partial charge is 0.375 e. The molecular weight excluding hydrogens is 360 g/mol. The summed E-state index contributed by atoms with van der Waals surface area (Å²) in [6, 6.07) is 8.34. The maximum atomic E-state index is 5.94. The fraction of sp³-hybridized carbons (Fsp3) is 0.600. The lowest BCUT2D eigenvalue weighted by Crippen LogP contribution is -2.53. The second kappa shape index (κ2) is 8.99. The van der Waals surface area contributed by atoms with Gasteiger partial charge in [-0.3, -0.25) is 4.99 Å². The maximum Gasteiger partial charge on any atom is 0.193 e. The molecule has 1 N–H and O–H groups in total. The van der Waals surface area contributed by atoms with Gasteiger partial charge in [0, 0.05) is 39.7 Å². The highest BCUT2D eigenvalue weighted by atomic mass is 32.1. The number of ether oxygens (including phenoxy) is 2. The topological polar surface area (TPSA) is 59.0 Å². The van der Waals surface area contributed by atoms with E-state index in [1.807, 2.05) is 13.1 Å². The van der Waals surface area contributed by atoms with Gasteiger partial charge in [0.05, 0.1) is 27.9 Å². The molecule has 146 valence electrons. The van der Waals surface area contributed by atoms with Crippen molar-refractivity contribution >= 4 is 27.5 Å². The molecule has 1 aromatic carbocycles. The number of nitrogens with zero attached hydrogens (tertiary/aromatic N) is 3. The van der Waals surface area contributed by atoms with Gasteiger partial charge in [-0.2, -0.15) is 0 Å². The van der Waals surface area contributed by atoms with Crippen molar-refractivity contribution in [2.45, 2.75) is 37.9 Å². The van der Waals surface area contributed by atoms with Crippen LogP contribution < -0.4 is 5.32 Å². The molecule has 0 aliphatic carbocycles. The molecule has 3 heterocycles. The number of benzene rings is 1. The minimum absolute atomic E-state index is 0.155. The van der Waals surface area contributed by atoms with Crippen LogP contribution in [0.15, 0.2) is 29.3 Å². The zero-order valence-electron chi connectivity index (χ0n) is 15.9. The van der Waals surface area contributed by atoms with Crippen molar-refractivity contribution in [1.82, 2.24) is 15.2 Å². The molecule has 0 amide bonds. The Kier molecular flexibility index (Phi) is 6.21. The molecule has 1 aromatic heterocycles. The van der Waals surface area contributed by atoms with Crippen molar-refractivity contribution in [1.29, 1.82) is 0 Å². The number of aryl methyl sites for hydroxylation is 1. The van der Waals surface area contributed by atoms with Crippen LogP contribution in [0.2, 0.25) is 0 Å². The third-order valence-corrected chi connectivity index (χ3v) is 6.27. The zero-order valence-corrected chi connectivity index (χ0v) is 16.7. The average Bonchev–Trinajstić information content (AvgIpc) is 3.38. The van der Waals surface area contributed by atoms with Gasteiger partial charge >= 0.3 is 0 Å². The van der Waals surface area contributed by atoms with Gasteiger partial charge in [-0.15, -0.1) is 11.3 Å². The van der Waals surface area contributed by atoms with Gasteiger partial charge in [0.15, 0.2) is 5.96 Å². The van der Waals surface area contributed by atoms with E-state index in [0.29, 0.717) is 0 Å². The fourth-order valence-corrected chi connectivity index (χ4v) is 4.80. The monoisotopic (exact) mass is 388 g/mol. The first-order valence-corrected chi connectivity index (χ1v) is 10.7. The second-order valence-electron chi connectivity index (χ2n) is 7.06. The summed E-state index contributed by atoms with van der Waals surface area (Å²) < 4.78 is 13.0. The molecule has 0 bridgehead atoms. The molecule has 27 heavy (non-hydrogen) atoms. The molecule has 0 radical (unpaired) electrons. The number of para-hydroxylation sites is 1. The van der Waals surface area contributed by atoms with E-state index in [0.717, 1.165) is 70.0 Å². The number of nitrogens with one attached hydrogen (secondary N) is 1. The number of fused-ring (bicyclic) bond motifs is 1. The minimum atomic E-state index is 0.155. The number of thiazole rings is 1. The first-order valence-electron chi connectivity index (χ1n) is 9.87. The molecule has 2 aromatic rings. The van der Waals surface area contributed by atoms with E-state index >= 15 is 0 Å². The lowest BCUT2D eigenvalue weighted by Gasteiger charge is -2.37. The van der Waals surface area contributed by atoms with E-state index in [-0.39, 0.29) is 12.2 Å². The smallest absolute Gasteiger partial charge is 0.193 e. The maximum absolute atomic E-state index is 5.94. The molecule has 7 heteroatoms. The molecule has 2 fully saturated rings. The van der Waals surface area contributed by atoms with Crippen LogP contribution in [0.3, 0.4) is 0 Å². The van der Waals surface area contributed by atoms with Crippen LogP contribution in [0.5, 0.6) is 0 Å². The lowest BCUT2D eigenvalue weighted by atomic mass is 10.1. The van der Waals surface area contributed by atoms with E-state index in [1.165, 1.54) is 9.71 Å². The molecular formula is C20H28N4O2S. The summed E-state index contributed by atoms with van der Waals surface area (Å²) in [6.07, 6.45) is 4.67. The van der Waals surface area contributed by atoms with Gasteiger partial charge in [-0.05, 0) is 31.4 Å². The van der Waals surface area contributed by atoms with Crippen LogP contribution in [0.1, 0.15) is 24.3 Å². The minimum Gasteiger partial charge on any atom is -0.375 e. The van der Waals surface area contributed by atoms with Gasteiger partial charge < -0.3 is 19.7 Å². The number of aliphatic imine (C=N–C) groups is 1. The van der Waals surface area contributed by atoms with Crippen LogP contribution >= 0.6 is 11.3 Å². The van der Waals surface area contributed by atoms with E-state index in [4.69, 9.17) is 14.5 Å². The molecule has 6 nitrogen and oxygen atoms in total. The summed E-state index contributed by atoms with van der Waals surface area (Å²) >= 11 is 1.79. The van der Waals surface area contributed by atoms with E-state index < -0.39 is 0 Å². The van der Waals surface area contributed by atoms with Gasteiger partial charge in [-0.1, -0.05) is 12.1 Å². The molecule has 0 spiro atoms. The Hall–Kier alpha value is -1.70. The average molecular weight is 389 g/mol. The highest BCUT2D eigenvalue weighted by molar-refractivity contribution is 7.18. The molecule has 2 saturated heterocycles. The summed E-state index contributed by atoms with van der Waals surface area (Å²) in [6.45, 7) is 4.22. The van der Waals surface area contributed by atoms with Crippen LogP contribution in [0, 0.1) is 0 Å². The zero-order chi connectivity index (χ0) is 18.5. The van der Waals surface area contributed by atoms with Crippen molar-refractivity contribution in [2.75, 3.05) is 39.9 Å². The van der Waals surface area contributed by atoms with Crippen LogP contribution in [0.25, 0.3) is 10.2 Å². The standard InChI is InChI=1S/C20H28N4O2S/c1-21-20(24-11-13-26-17(14-24)16-7-5-12-25-16)22-10-4-9-19-23-15-6-2-3-8-18(15)27-19/h2-3,6,8,16-17H,4-5,7,9-14H2,1H3,(H,21,22). The number of hydrogen-bond donors (Lipinski definition) is 1. The molecule has 2 atom stereocenters. The molecule has 0 saturated carbocycles. The normalized spacial score (nSPS) is 23.9. The van der Waals surface area contributed by atoms with E-state index in [1.54, 1.807) is 11.3 Å². The van der Waals surface area contributed by atoms with Crippen molar-refractivity contribution in [3.63, 3.8) is 0 Å². The summed E-state index contributed by atoms with van der Waals surface area (Å²) in [5.74, 6) is 0.964. The number of hydrogen-bond acceptors (Lipinski definition) is 5. The Morgan fingerprint density at radius 2 is 2.19 bits per heavy atom. The number of rotatable bonds is 5. The lowest BCUT2D eigenvalue weighted by molar-refractivity contribution is -0.0816. The SMILES string of the molecule is CN=C(NCCCc1nc2ccccc2s1)N1CCOC(C2CCCO2)C1. The summed E-state index contributed by atoms with van der Waals surface area (Å²) in [4.78, 5) is 11.5. The number of morpholine rings is 1. The van der Waals surface area contributed by atoms with E-state index in [9.17, 15) is 0 Å². The second-order valence-corrected chi connectivity index (χ2v) is 8.17. The molecule has 2 aliphatic heterocycles. The van der Waals surface area contributed by atoms with E-state index in [2.05, 4.69) is 33.4 Å². The fourth-order valence-electron chi connectivity index (χ4n) is 3.79. The highest BCUT2D eigenvalue weighted by Gasteiger charge is 2.32. The third-order valence-electron chi connectivity index (χ3n) is 5.17. The Labute approximate surface area is 164 Å². The third kappa shape index (κ3) is 4.59. The van der Waals surface area contributed by atoms with Gasteiger partial charge in [0.1, 0.15) is 6.10 Å². The molecule has 2 aliphatic rings. The van der Waals surface area contributed by atoms with Crippen molar-refractivity contribution in [2.24, 2.45) is 4.99 Å². The molecule has 4 rings (SSSR count). The predicted octanol–water partition coefficient (Wildman–Crippen LogP) is 2.68. The highest BCUT2D eigenvalue weighted by Crippen LogP contribution is 2.23. The molecule has 2 unspecified atom stereocenters. The Balaban J connectivity index is 1.25. The first-order chi connectivity index (χ1) is 13.3. The van der Waals surface area contributed by atoms with Gasteiger partial charge in [-0.25, -0.2) is 4.98 Å². The summed E-state index contributed by atoms with van der Waals surface area (Å²) in [5, 5.41) is 4.72. The predicted molar refractivity (Wildman–Crippen MR) is 110 cm³/mol. The van der Waals surface area contributed by atoms with Crippen LogP contribution in [-0.2, 0) is 15.9 Å². The van der Waals surface area contributed by atoms with Gasteiger partial charge in [0.25, 0.3) is 0 Å². The summed E-state index contributed by atoms with van der Waals surface area (Å²) in [5.41, 5.74) is 1.11. The van der Waals surface area contributed by atoms with Crippen LogP contribution in [-0.4, -0.2) is 67.9 Å². The number of guanidine groups is 1. The van der Waals surface area contributed by atoms with Gasteiger partial charge in [0.2, 0.25) is 0 Å². The Bertz CT molecular complexity index is 739. The Morgan fingerprint density at radius 1 is 1.30 bits per heavy atom. The number of aromatic nitrogens is 1. The Morgan fingerprint density at radius 3 is 3.00 bits per heavy atom. The van der Waals surface area contributed by atoms with Crippen molar-refractivity contribution < 1.29 is 9.47 Å². The van der Waals surface area contributed by atoms with Crippen molar-refractivity contribution in [3.05, 3.63) is 29.3 Å².